The number of aryl methyl sites for hydroxylation is 1. The number of pyridine rings is 1. The molecule has 0 unspecified atom stereocenters. The van der Waals surface area contributed by atoms with Crippen molar-refractivity contribution in [1.29, 1.82) is 0 Å². The molecule has 3 rings (SSSR count). The Morgan fingerprint density at radius 1 is 1.17 bits per heavy atom. The second kappa shape index (κ2) is 13.7. The highest BCUT2D eigenvalue weighted by atomic mass is 35.5. The lowest BCUT2D eigenvalue weighted by atomic mass is 10.4. The van der Waals surface area contributed by atoms with Crippen molar-refractivity contribution in [2.45, 2.75) is 28.0 Å². The second-order valence-electron chi connectivity index (χ2n) is 6.47. The summed E-state index contributed by atoms with van der Waals surface area (Å²) in [4.78, 5) is 14.6. The SMILES string of the molecule is Cc1csc(Nc2ncc(SCCCN(C)C)cc2Sc2ccccc2Cl)n1.Cl.Cl. The Bertz CT molecular complexity index is 922. The van der Waals surface area contributed by atoms with Gasteiger partial charge in [-0.3, -0.25) is 0 Å². The van der Waals surface area contributed by atoms with Gasteiger partial charge in [-0.15, -0.1) is 47.9 Å². The van der Waals surface area contributed by atoms with Crippen molar-refractivity contribution >= 4 is 82.2 Å². The predicted octanol–water partition coefficient (Wildman–Crippen LogP) is 7.28. The fraction of sp³-hybridized carbons (Fsp3) is 0.300. The molecule has 0 aliphatic rings. The van der Waals surface area contributed by atoms with Crippen molar-refractivity contribution < 1.29 is 0 Å². The minimum Gasteiger partial charge on any atom is -0.315 e. The zero-order chi connectivity index (χ0) is 19.9. The lowest BCUT2D eigenvalue weighted by molar-refractivity contribution is 0.410. The summed E-state index contributed by atoms with van der Waals surface area (Å²) in [5.74, 6) is 1.87. The average molecular weight is 524 g/mol. The van der Waals surface area contributed by atoms with Crippen LogP contribution in [-0.4, -0.2) is 41.3 Å². The van der Waals surface area contributed by atoms with Crippen LogP contribution in [0.2, 0.25) is 5.02 Å². The third-order valence-electron chi connectivity index (χ3n) is 3.75. The number of anilines is 2. The topological polar surface area (TPSA) is 41.1 Å². The zero-order valence-corrected chi connectivity index (χ0v) is 21.8. The van der Waals surface area contributed by atoms with Gasteiger partial charge in [-0.1, -0.05) is 35.5 Å². The van der Waals surface area contributed by atoms with Crippen LogP contribution in [0.15, 0.2) is 56.6 Å². The van der Waals surface area contributed by atoms with Crippen LogP contribution in [0.4, 0.5) is 10.9 Å². The van der Waals surface area contributed by atoms with Crippen molar-refractivity contribution in [3.8, 4) is 0 Å². The standard InChI is InChI=1S/C20H23ClN4S3.2ClH/c1-14-13-27-20(23-14)24-19-18(28-17-8-5-4-7-16(17)21)11-15(12-22-19)26-10-6-9-25(2)3;;/h4-5,7-8,11-13H,6,9-10H2,1-3H3,(H,22,23,24);2*1H. The van der Waals surface area contributed by atoms with E-state index in [-0.39, 0.29) is 24.8 Å². The lowest BCUT2D eigenvalue weighted by Crippen LogP contribution is -2.13. The molecule has 0 saturated heterocycles. The second-order valence-corrected chi connectivity index (χ2v) is 9.99. The maximum absolute atomic E-state index is 6.38. The third-order valence-corrected chi connectivity index (χ3v) is 7.22. The monoisotopic (exact) mass is 522 g/mol. The van der Waals surface area contributed by atoms with Crippen LogP contribution in [0.3, 0.4) is 0 Å². The Kier molecular flexibility index (Phi) is 12.5. The Balaban J connectivity index is 0.00000225. The molecule has 1 aromatic carbocycles. The summed E-state index contributed by atoms with van der Waals surface area (Å²) in [5, 5.41) is 6.97. The molecule has 0 saturated carbocycles. The van der Waals surface area contributed by atoms with Gasteiger partial charge in [-0.25, -0.2) is 9.97 Å². The molecule has 2 heterocycles. The fourth-order valence-electron chi connectivity index (χ4n) is 2.41. The number of halogens is 3. The first-order valence-electron chi connectivity index (χ1n) is 8.90. The van der Waals surface area contributed by atoms with E-state index in [2.05, 4.69) is 40.3 Å². The number of benzene rings is 1. The molecule has 30 heavy (non-hydrogen) atoms. The van der Waals surface area contributed by atoms with E-state index in [0.717, 1.165) is 55.1 Å². The Morgan fingerprint density at radius 2 is 1.93 bits per heavy atom. The van der Waals surface area contributed by atoms with Crippen molar-refractivity contribution in [1.82, 2.24) is 14.9 Å². The maximum atomic E-state index is 6.38. The summed E-state index contributed by atoms with van der Waals surface area (Å²) < 4.78 is 0. The van der Waals surface area contributed by atoms with Crippen LogP contribution in [0, 0.1) is 6.92 Å². The molecule has 0 radical (unpaired) electrons. The molecule has 1 N–H and O–H groups in total. The molecule has 2 aromatic heterocycles. The predicted molar refractivity (Wildman–Crippen MR) is 138 cm³/mol. The Labute approximate surface area is 208 Å². The van der Waals surface area contributed by atoms with Crippen LogP contribution >= 0.6 is 71.3 Å². The van der Waals surface area contributed by atoms with Crippen LogP contribution in [0.5, 0.6) is 0 Å². The molecular weight excluding hydrogens is 499 g/mol. The third kappa shape index (κ3) is 8.46. The van der Waals surface area contributed by atoms with E-state index in [1.165, 1.54) is 0 Å². The maximum Gasteiger partial charge on any atom is 0.188 e. The van der Waals surface area contributed by atoms with Crippen LogP contribution in [-0.2, 0) is 0 Å². The average Bonchev–Trinajstić information content (AvgIpc) is 3.07. The molecule has 10 heteroatoms. The van der Waals surface area contributed by atoms with E-state index in [4.69, 9.17) is 11.6 Å². The van der Waals surface area contributed by atoms with Crippen LogP contribution < -0.4 is 5.32 Å². The zero-order valence-electron chi connectivity index (χ0n) is 16.9. The van der Waals surface area contributed by atoms with Crippen LogP contribution in [0.1, 0.15) is 12.1 Å². The van der Waals surface area contributed by atoms with E-state index in [1.54, 1.807) is 23.1 Å². The van der Waals surface area contributed by atoms with Crippen molar-refractivity contribution in [3.05, 3.63) is 52.6 Å². The molecule has 4 nitrogen and oxygen atoms in total. The first-order chi connectivity index (χ1) is 13.5. The van der Waals surface area contributed by atoms with Gasteiger partial charge in [0.05, 0.1) is 15.6 Å². The number of aromatic nitrogens is 2. The summed E-state index contributed by atoms with van der Waals surface area (Å²) in [5.41, 5.74) is 1.00. The smallest absolute Gasteiger partial charge is 0.188 e. The molecular formula is C20H25Cl3N4S3. The summed E-state index contributed by atoms with van der Waals surface area (Å²) >= 11 is 11.4. The molecule has 0 aliphatic heterocycles. The van der Waals surface area contributed by atoms with Crippen molar-refractivity contribution in [2.24, 2.45) is 0 Å². The van der Waals surface area contributed by atoms with E-state index in [0.29, 0.717) is 0 Å². The molecule has 0 aliphatic carbocycles. The number of hydrogen-bond donors (Lipinski definition) is 1. The highest BCUT2D eigenvalue weighted by molar-refractivity contribution is 8.00. The summed E-state index contributed by atoms with van der Waals surface area (Å²) in [7, 11) is 4.21. The molecule has 3 aromatic rings. The molecule has 0 spiro atoms. The highest BCUT2D eigenvalue weighted by Crippen LogP contribution is 2.39. The molecule has 0 fully saturated rings. The van der Waals surface area contributed by atoms with E-state index in [1.807, 2.05) is 54.5 Å². The van der Waals surface area contributed by atoms with Gasteiger partial charge in [0.2, 0.25) is 0 Å². The molecule has 0 bridgehead atoms. The van der Waals surface area contributed by atoms with Crippen molar-refractivity contribution in [3.63, 3.8) is 0 Å². The molecule has 0 amide bonds. The van der Waals surface area contributed by atoms with Crippen molar-refractivity contribution in [2.75, 3.05) is 31.7 Å². The number of thiazole rings is 1. The lowest BCUT2D eigenvalue weighted by Gasteiger charge is -2.12. The summed E-state index contributed by atoms with van der Waals surface area (Å²) in [6.07, 6.45) is 3.07. The minimum absolute atomic E-state index is 0. The highest BCUT2D eigenvalue weighted by Gasteiger charge is 2.12. The minimum atomic E-state index is 0. The fourth-order valence-corrected chi connectivity index (χ4v) is 5.19. The Morgan fingerprint density at radius 3 is 2.60 bits per heavy atom. The summed E-state index contributed by atoms with van der Waals surface area (Å²) in [6, 6.07) is 10.1. The van der Waals surface area contributed by atoms with E-state index < -0.39 is 0 Å². The van der Waals surface area contributed by atoms with Gasteiger partial charge >= 0.3 is 0 Å². The largest absolute Gasteiger partial charge is 0.315 e. The van der Waals surface area contributed by atoms with Gasteiger partial charge in [0.1, 0.15) is 5.82 Å². The normalized spacial score (nSPS) is 10.4. The first-order valence-corrected chi connectivity index (χ1v) is 12.0. The number of hydrogen-bond acceptors (Lipinski definition) is 7. The van der Waals surface area contributed by atoms with Gasteiger partial charge < -0.3 is 10.2 Å². The van der Waals surface area contributed by atoms with Gasteiger partial charge in [-0.05, 0) is 57.9 Å². The molecule has 0 atom stereocenters. The number of nitrogens with zero attached hydrogens (tertiary/aromatic N) is 3. The Hall–Kier alpha value is -0.670. The van der Waals surface area contributed by atoms with Crippen LogP contribution in [0.25, 0.3) is 0 Å². The van der Waals surface area contributed by atoms with E-state index >= 15 is 0 Å². The number of thioether (sulfide) groups is 1. The number of nitrogens with one attached hydrogen (secondary N) is 1. The van der Waals surface area contributed by atoms with Gasteiger partial charge in [0.25, 0.3) is 0 Å². The quantitative estimate of drug-likeness (QED) is 0.235. The number of rotatable bonds is 9. The summed E-state index contributed by atoms with van der Waals surface area (Å²) in [6.45, 7) is 3.08. The van der Waals surface area contributed by atoms with E-state index in [9.17, 15) is 0 Å². The first kappa shape index (κ1) is 27.4. The molecule has 164 valence electrons. The van der Waals surface area contributed by atoms with Gasteiger partial charge in [0, 0.05) is 21.4 Å². The van der Waals surface area contributed by atoms with Gasteiger partial charge in [-0.2, -0.15) is 0 Å². The van der Waals surface area contributed by atoms with Gasteiger partial charge in [0.15, 0.2) is 5.13 Å².